The van der Waals surface area contributed by atoms with Crippen LogP contribution in [0.4, 0.5) is 0 Å². The third-order valence-corrected chi connectivity index (χ3v) is 5.99. The summed E-state index contributed by atoms with van der Waals surface area (Å²) < 4.78 is 5.62. The molecule has 0 amide bonds. The number of nitrogens with zero attached hydrogens (tertiary/aromatic N) is 2. The summed E-state index contributed by atoms with van der Waals surface area (Å²) in [6, 6.07) is 20.3. The Morgan fingerprint density at radius 2 is 1.36 bits per heavy atom. The SMILES string of the molecule is O=C(c1ccccc1)[C@H]([C@H](c1ccccc1)N1CCOCC1)N1CCCCC1. The third-order valence-electron chi connectivity index (χ3n) is 5.99. The van der Waals surface area contributed by atoms with Gasteiger partial charge in [0.2, 0.25) is 0 Å². The molecule has 4 rings (SSSR count). The van der Waals surface area contributed by atoms with Gasteiger partial charge >= 0.3 is 0 Å². The van der Waals surface area contributed by atoms with E-state index in [-0.39, 0.29) is 17.9 Å². The maximum absolute atomic E-state index is 13.8. The molecule has 2 heterocycles. The minimum atomic E-state index is -0.164. The average molecular weight is 379 g/mol. The molecule has 0 radical (unpaired) electrons. The van der Waals surface area contributed by atoms with Crippen molar-refractivity contribution in [1.29, 1.82) is 0 Å². The molecule has 0 aromatic heterocycles. The Kier molecular flexibility index (Phi) is 6.53. The Bertz CT molecular complexity index is 738. The molecule has 0 N–H and O–H groups in total. The van der Waals surface area contributed by atoms with Crippen LogP contribution in [0, 0.1) is 0 Å². The minimum Gasteiger partial charge on any atom is -0.379 e. The van der Waals surface area contributed by atoms with Crippen molar-refractivity contribution in [2.75, 3.05) is 39.4 Å². The number of hydrogen-bond acceptors (Lipinski definition) is 4. The molecule has 2 saturated heterocycles. The lowest BCUT2D eigenvalue weighted by Crippen LogP contribution is -2.54. The summed E-state index contributed by atoms with van der Waals surface area (Å²) in [6.45, 7) is 5.19. The van der Waals surface area contributed by atoms with Gasteiger partial charge in [-0.3, -0.25) is 14.6 Å². The summed E-state index contributed by atoms with van der Waals surface area (Å²) in [5, 5.41) is 0. The van der Waals surface area contributed by atoms with E-state index in [1.165, 1.54) is 24.8 Å². The molecule has 28 heavy (non-hydrogen) atoms. The topological polar surface area (TPSA) is 32.8 Å². The van der Waals surface area contributed by atoms with Crippen LogP contribution in [-0.4, -0.2) is 61.0 Å². The predicted molar refractivity (Wildman–Crippen MR) is 112 cm³/mol. The van der Waals surface area contributed by atoms with E-state index in [2.05, 4.69) is 40.1 Å². The van der Waals surface area contributed by atoms with Crippen molar-refractivity contribution < 1.29 is 9.53 Å². The zero-order chi connectivity index (χ0) is 19.2. The van der Waals surface area contributed by atoms with Gasteiger partial charge in [0.25, 0.3) is 0 Å². The van der Waals surface area contributed by atoms with E-state index in [9.17, 15) is 4.79 Å². The van der Waals surface area contributed by atoms with Gasteiger partial charge < -0.3 is 4.74 Å². The second-order valence-corrected chi connectivity index (χ2v) is 7.78. The van der Waals surface area contributed by atoms with Crippen molar-refractivity contribution in [3.63, 3.8) is 0 Å². The van der Waals surface area contributed by atoms with Crippen molar-refractivity contribution in [1.82, 2.24) is 9.80 Å². The molecule has 2 atom stereocenters. The van der Waals surface area contributed by atoms with E-state index in [0.29, 0.717) is 0 Å². The normalized spacial score (nSPS) is 21.1. The summed E-state index contributed by atoms with van der Waals surface area (Å²) in [5.74, 6) is 0.239. The molecule has 2 aliphatic heterocycles. The third kappa shape index (κ3) is 4.35. The molecular weight excluding hydrogens is 348 g/mol. The fourth-order valence-corrected chi connectivity index (χ4v) is 4.58. The van der Waals surface area contributed by atoms with Crippen LogP contribution in [0.15, 0.2) is 60.7 Å². The van der Waals surface area contributed by atoms with E-state index in [0.717, 1.165) is 45.0 Å². The molecule has 148 valence electrons. The van der Waals surface area contributed by atoms with E-state index in [1.54, 1.807) is 0 Å². The number of Topliss-reactive ketones (excluding diaryl/α,β-unsaturated/α-hetero) is 1. The summed E-state index contributed by atoms with van der Waals surface area (Å²) in [5.41, 5.74) is 2.04. The zero-order valence-corrected chi connectivity index (χ0v) is 16.5. The summed E-state index contributed by atoms with van der Waals surface area (Å²) in [4.78, 5) is 18.7. The van der Waals surface area contributed by atoms with Crippen LogP contribution < -0.4 is 0 Å². The Hall–Kier alpha value is -2.01. The van der Waals surface area contributed by atoms with Gasteiger partial charge in [0.05, 0.1) is 25.3 Å². The smallest absolute Gasteiger partial charge is 0.181 e. The van der Waals surface area contributed by atoms with Gasteiger partial charge in [0, 0.05) is 18.7 Å². The first kappa shape index (κ1) is 19.3. The molecule has 0 aliphatic carbocycles. The highest BCUT2D eigenvalue weighted by molar-refractivity contribution is 6.00. The van der Waals surface area contributed by atoms with E-state index in [4.69, 9.17) is 4.74 Å². The number of benzene rings is 2. The molecule has 2 aromatic carbocycles. The number of piperidine rings is 1. The lowest BCUT2D eigenvalue weighted by Gasteiger charge is -2.44. The highest BCUT2D eigenvalue weighted by atomic mass is 16.5. The van der Waals surface area contributed by atoms with Crippen molar-refractivity contribution in [3.8, 4) is 0 Å². The molecule has 2 aliphatic rings. The number of ether oxygens (including phenoxy) is 1. The van der Waals surface area contributed by atoms with E-state index < -0.39 is 0 Å². The van der Waals surface area contributed by atoms with Crippen molar-refractivity contribution in [2.24, 2.45) is 0 Å². The quantitative estimate of drug-likeness (QED) is 0.716. The highest BCUT2D eigenvalue weighted by Gasteiger charge is 2.39. The number of hydrogen-bond donors (Lipinski definition) is 0. The van der Waals surface area contributed by atoms with E-state index in [1.807, 2.05) is 30.3 Å². The lowest BCUT2D eigenvalue weighted by atomic mass is 9.88. The Morgan fingerprint density at radius 3 is 2.00 bits per heavy atom. The largest absolute Gasteiger partial charge is 0.379 e. The van der Waals surface area contributed by atoms with Crippen LogP contribution in [0.25, 0.3) is 0 Å². The molecule has 2 aromatic rings. The van der Waals surface area contributed by atoms with E-state index >= 15 is 0 Å². The predicted octanol–water partition coefficient (Wildman–Crippen LogP) is 3.80. The number of carbonyl (C=O) groups is 1. The second-order valence-electron chi connectivity index (χ2n) is 7.78. The summed E-state index contributed by atoms with van der Waals surface area (Å²) in [6.07, 6.45) is 3.60. The van der Waals surface area contributed by atoms with Gasteiger partial charge in [-0.2, -0.15) is 0 Å². The van der Waals surface area contributed by atoms with Gasteiger partial charge in [-0.05, 0) is 31.5 Å². The number of rotatable bonds is 6. The van der Waals surface area contributed by atoms with Crippen LogP contribution in [-0.2, 0) is 4.74 Å². The molecule has 2 fully saturated rings. The van der Waals surface area contributed by atoms with Crippen LogP contribution in [0.5, 0.6) is 0 Å². The molecule has 4 nitrogen and oxygen atoms in total. The van der Waals surface area contributed by atoms with Gasteiger partial charge in [-0.15, -0.1) is 0 Å². The van der Waals surface area contributed by atoms with Gasteiger partial charge in [-0.25, -0.2) is 0 Å². The minimum absolute atomic E-state index is 0.0518. The molecule has 0 spiro atoms. The van der Waals surface area contributed by atoms with Crippen LogP contribution >= 0.6 is 0 Å². The number of likely N-dealkylation sites (tertiary alicyclic amines) is 1. The Balaban J connectivity index is 1.74. The van der Waals surface area contributed by atoms with Crippen LogP contribution in [0.1, 0.15) is 41.2 Å². The number of morpholine rings is 1. The second kappa shape index (κ2) is 9.46. The Morgan fingerprint density at radius 1 is 0.750 bits per heavy atom. The monoisotopic (exact) mass is 378 g/mol. The maximum atomic E-state index is 13.8. The molecule has 0 bridgehead atoms. The standard InChI is InChI=1S/C24H30N2O2/c27-24(21-12-6-2-7-13-21)23(25-14-8-3-9-15-25)22(20-10-4-1-5-11-20)26-16-18-28-19-17-26/h1-2,4-7,10-13,22-23H,3,8-9,14-19H2/t22-,23-/m0/s1. The molecule has 0 unspecified atom stereocenters. The zero-order valence-electron chi connectivity index (χ0n) is 16.5. The summed E-state index contributed by atoms with van der Waals surface area (Å²) in [7, 11) is 0. The molecule has 4 heteroatoms. The first-order chi connectivity index (χ1) is 13.8. The van der Waals surface area contributed by atoms with Gasteiger partial charge in [-0.1, -0.05) is 67.1 Å². The number of carbonyl (C=O) groups excluding carboxylic acids is 1. The first-order valence-electron chi connectivity index (χ1n) is 10.5. The lowest BCUT2D eigenvalue weighted by molar-refractivity contribution is -0.00990. The van der Waals surface area contributed by atoms with Gasteiger partial charge in [0.1, 0.15) is 0 Å². The highest BCUT2D eigenvalue weighted by Crippen LogP contribution is 2.32. The van der Waals surface area contributed by atoms with Crippen molar-refractivity contribution >= 4 is 5.78 Å². The van der Waals surface area contributed by atoms with Crippen LogP contribution in [0.3, 0.4) is 0 Å². The molecule has 0 saturated carbocycles. The first-order valence-corrected chi connectivity index (χ1v) is 10.5. The Labute approximate surface area is 168 Å². The number of ketones is 1. The van der Waals surface area contributed by atoms with Crippen molar-refractivity contribution in [3.05, 3.63) is 71.8 Å². The van der Waals surface area contributed by atoms with Crippen LogP contribution in [0.2, 0.25) is 0 Å². The maximum Gasteiger partial charge on any atom is 0.181 e. The van der Waals surface area contributed by atoms with Gasteiger partial charge in [0.15, 0.2) is 5.78 Å². The summed E-state index contributed by atoms with van der Waals surface area (Å²) >= 11 is 0. The fraction of sp³-hybridized carbons (Fsp3) is 0.458. The fourth-order valence-electron chi connectivity index (χ4n) is 4.58. The average Bonchev–Trinajstić information content (AvgIpc) is 2.79. The molecular formula is C24H30N2O2. The van der Waals surface area contributed by atoms with Crippen molar-refractivity contribution in [2.45, 2.75) is 31.3 Å².